The average molecular weight is 466 g/mol. The van der Waals surface area contributed by atoms with E-state index < -0.39 is 29.7 Å². The fourth-order valence-corrected chi connectivity index (χ4v) is 4.36. The zero-order chi connectivity index (χ0) is 23.8. The minimum atomic E-state index is -0.830. The van der Waals surface area contributed by atoms with Crippen LogP contribution >= 0.6 is 0 Å². The van der Waals surface area contributed by atoms with Crippen LogP contribution < -0.4 is 5.32 Å². The van der Waals surface area contributed by atoms with E-state index in [1.165, 1.54) is 18.3 Å². The summed E-state index contributed by atoms with van der Waals surface area (Å²) in [6.45, 7) is 0.675. The van der Waals surface area contributed by atoms with Gasteiger partial charge in [-0.2, -0.15) is 5.10 Å². The SMILES string of the molecule is Cn1cc(-c2ccc(Cn3cc(C(=O)NC4CCOC[C@@H]4O)c4c(F)cccc43)c(F)c2)cn1. The van der Waals surface area contributed by atoms with Gasteiger partial charge in [-0.3, -0.25) is 9.48 Å². The normalized spacial score (nSPS) is 18.4. The number of nitrogens with one attached hydrogen (secondary N) is 1. The smallest absolute Gasteiger partial charge is 0.253 e. The number of aliphatic hydroxyl groups excluding tert-OH is 1. The molecule has 7 nitrogen and oxygen atoms in total. The lowest BCUT2D eigenvalue weighted by Gasteiger charge is -2.28. The van der Waals surface area contributed by atoms with E-state index in [1.54, 1.807) is 46.9 Å². The Morgan fingerprint density at radius 1 is 1.21 bits per heavy atom. The Morgan fingerprint density at radius 2 is 2.06 bits per heavy atom. The number of aliphatic hydroxyl groups is 1. The third kappa shape index (κ3) is 4.20. The highest BCUT2D eigenvalue weighted by molar-refractivity contribution is 6.07. The largest absolute Gasteiger partial charge is 0.389 e. The van der Waals surface area contributed by atoms with Crippen LogP contribution in [0.4, 0.5) is 8.78 Å². The lowest BCUT2D eigenvalue weighted by molar-refractivity contribution is -0.0260. The number of nitrogens with zero attached hydrogens (tertiary/aromatic N) is 3. The van der Waals surface area contributed by atoms with Crippen LogP contribution in [0, 0.1) is 11.6 Å². The number of carbonyl (C=O) groups excluding carboxylic acids is 1. The summed E-state index contributed by atoms with van der Waals surface area (Å²) in [7, 11) is 1.79. The van der Waals surface area contributed by atoms with Crippen LogP contribution in [0.5, 0.6) is 0 Å². The van der Waals surface area contributed by atoms with Crippen LogP contribution in [0.2, 0.25) is 0 Å². The highest BCUT2D eigenvalue weighted by Crippen LogP contribution is 2.27. The molecule has 34 heavy (non-hydrogen) atoms. The number of ether oxygens (including phenoxy) is 1. The van der Waals surface area contributed by atoms with Crippen LogP contribution in [-0.2, 0) is 18.3 Å². The van der Waals surface area contributed by atoms with Crippen LogP contribution in [0.15, 0.2) is 55.0 Å². The van der Waals surface area contributed by atoms with Crippen molar-refractivity contribution in [1.82, 2.24) is 19.7 Å². The van der Waals surface area contributed by atoms with Crippen molar-refractivity contribution in [2.24, 2.45) is 7.05 Å². The fraction of sp³-hybridized carbons (Fsp3) is 0.280. The van der Waals surface area contributed by atoms with Crippen molar-refractivity contribution in [3.05, 3.63) is 77.8 Å². The highest BCUT2D eigenvalue weighted by Gasteiger charge is 2.27. The van der Waals surface area contributed by atoms with Gasteiger partial charge < -0.3 is 19.7 Å². The van der Waals surface area contributed by atoms with E-state index in [9.17, 15) is 18.7 Å². The summed E-state index contributed by atoms with van der Waals surface area (Å²) in [5.41, 5.74) is 2.52. The number of carbonyl (C=O) groups is 1. The molecule has 3 heterocycles. The maximum atomic E-state index is 15.0. The summed E-state index contributed by atoms with van der Waals surface area (Å²) in [5, 5.41) is 17.2. The minimum absolute atomic E-state index is 0.117. The van der Waals surface area contributed by atoms with Crippen LogP contribution in [0.1, 0.15) is 22.3 Å². The highest BCUT2D eigenvalue weighted by atomic mass is 19.1. The van der Waals surface area contributed by atoms with Gasteiger partial charge in [-0.05, 0) is 30.2 Å². The first-order valence-electron chi connectivity index (χ1n) is 11.0. The van der Waals surface area contributed by atoms with Crippen molar-refractivity contribution in [3.63, 3.8) is 0 Å². The van der Waals surface area contributed by atoms with Gasteiger partial charge in [0.2, 0.25) is 0 Å². The van der Waals surface area contributed by atoms with Gasteiger partial charge in [0.1, 0.15) is 11.6 Å². The zero-order valence-electron chi connectivity index (χ0n) is 18.5. The number of aryl methyl sites for hydroxylation is 1. The van der Waals surface area contributed by atoms with Gasteiger partial charge in [-0.1, -0.05) is 18.2 Å². The van der Waals surface area contributed by atoms with E-state index in [2.05, 4.69) is 10.4 Å². The second kappa shape index (κ2) is 9.00. The summed E-state index contributed by atoms with van der Waals surface area (Å²) in [4.78, 5) is 13.0. The van der Waals surface area contributed by atoms with Crippen LogP contribution in [0.25, 0.3) is 22.0 Å². The number of hydrogen-bond donors (Lipinski definition) is 2. The van der Waals surface area contributed by atoms with Crippen LogP contribution in [-0.4, -0.2) is 50.7 Å². The third-order valence-corrected chi connectivity index (χ3v) is 6.17. The Kier molecular flexibility index (Phi) is 5.89. The molecule has 2 aromatic carbocycles. The second-order valence-electron chi connectivity index (χ2n) is 8.52. The first-order chi connectivity index (χ1) is 16.4. The molecule has 4 aromatic rings. The van der Waals surface area contributed by atoms with Crippen molar-refractivity contribution in [1.29, 1.82) is 0 Å². The predicted octanol–water partition coefficient (Wildman–Crippen LogP) is 3.25. The van der Waals surface area contributed by atoms with E-state index in [-0.39, 0.29) is 24.1 Å². The van der Waals surface area contributed by atoms with Crippen molar-refractivity contribution >= 4 is 16.8 Å². The molecule has 5 rings (SSSR count). The summed E-state index contributed by atoms with van der Waals surface area (Å²) in [6, 6.07) is 8.99. The number of hydrogen-bond acceptors (Lipinski definition) is 4. The Balaban J connectivity index is 1.46. The van der Waals surface area contributed by atoms with E-state index in [0.717, 1.165) is 5.56 Å². The molecule has 0 saturated carbocycles. The molecule has 9 heteroatoms. The summed E-state index contributed by atoms with van der Waals surface area (Å²) in [6.07, 6.45) is 4.63. The number of benzene rings is 2. The first-order valence-corrected chi connectivity index (χ1v) is 11.0. The molecule has 1 fully saturated rings. The molecular formula is C25H24F2N4O3. The van der Waals surface area contributed by atoms with Crippen molar-refractivity contribution in [3.8, 4) is 11.1 Å². The van der Waals surface area contributed by atoms with E-state index in [0.29, 0.717) is 29.7 Å². The maximum absolute atomic E-state index is 15.0. The van der Waals surface area contributed by atoms with Gasteiger partial charge in [0.25, 0.3) is 5.91 Å². The number of halogens is 2. The lowest BCUT2D eigenvalue weighted by atomic mass is 10.1. The molecule has 1 aliphatic rings. The first kappa shape index (κ1) is 22.2. The molecule has 0 spiro atoms. The van der Waals surface area contributed by atoms with Gasteiger partial charge in [0, 0.05) is 42.6 Å². The molecule has 0 bridgehead atoms. The van der Waals surface area contributed by atoms with Crippen LogP contribution in [0.3, 0.4) is 0 Å². The molecule has 0 aliphatic carbocycles. The molecule has 2 N–H and O–H groups in total. The topological polar surface area (TPSA) is 81.3 Å². The molecule has 2 aromatic heterocycles. The average Bonchev–Trinajstić information content (AvgIpc) is 3.41. The predicted molar refractivity (Wildman–Crippen MR) is 122 cm³/mol. The summed E-state index contributed by atoms with van der Waals surface area (Å²) < 4.78 is 38.3. The Morgan fingerprint density at radius 3 is 2.79 bits per heavy atom. The number of rotatable bonds is 5. The number of fused-ring (bicyclic) bond motifs is 1. The Labute approximate surface area is 194 Å². The monoisotopic (exact) mass is 466 g/mol. The molecular weight excluding hydrogens is 442 g/mol. The lowest BCUT2D eigenvalue weighted by Crippen LogP contribution is -2.48. The molecule has 1 saturated heterocycles. The third-order valence-electron chi connectivity index (χ3n) is 6.17. The molecule has 1 amide bonds. The summed E-state index contributed by atoms with van der Waals surface area (Å²) in [5.74, 6) is -1.44. The van der Waals surface area contributed by atoms with E-state index in [1.807, 2.05) is 6.07 Å². The number of amides is 1. The molecule has 176 valence electrons. The van der Waals surface area contributed by atoms with Gasteiger partial charge in [0.15, 0.2) is 0 Å². The standard InChI is InChI=1S/C25H24F2N4O3/c1-30-11-17(10-28-30)15-5-6-16(20(27)9-15)12-31-13-18(24-19(26)3-2-4-22(24)31)25(33)29-21-7-8-34-14-23(21)32/h2-6,9-11,13,21,23,32H,7-8,12,14H2,1H3,(H,29,33)/t21?,23-/m0/s1. The van der Waals surface area contributed by atoms with Crippen molar-refractivity contribution in [2.75, 3.05) is 13.2 Å². The maximum Gasteiger partial charge on any atom is 0.253 e. The quantitative estimate of drug-likeness (QED) is 0.473. The molecule has 2 atom stereocenters. The minimum Gasteiger partial charge on any atom is -0.389 e. The second-order valence-corrected chi connectivity index (χ2v) is 8.52. The van der Waals surface area contributed by atoms with E-state index >= 15 is 0 Å². The van der Waals surface area contributed by atoms with Crippen molar-refractivity contribution in [2.45, 2.75) is 25.1 Å². The number of aromatic nitrogens is 3. The molecule has 1 aliphatic heterocycles. The molecule has 1 unspecified atom stereocenters. The Bertz CT molecular complexity index is 1360. The molecule has 0 radical (unpaired) electrons. The van der Waals surface area contributed by atoms with E-state index in [4.69, 9.17) is 4.74 Å². The van der Waals surface area contributed by atoms with Gasteiger partial charge >= 0.3 is 0 Å². The zero-order valence-corrected chi connectivity index (χ0v) is 18.5. The van der Waals surface area contributed by atoms with Crippen molar-refractivity contribution < 1.29 is 23.4 Å². The Hall–Kier alpha value is -3.56. The summed E-state index contributed by atoms with van der Waals surface area (Å²) >= 11 is 0. The van der Waals surface area contributed by atoms with Gasteiger partial charge in [-0.25, -0.2) is 8.78 Å². The fourth-order valence-electron chi connectivity index (χ4n) is 4.36. The van der Waals surface area contributed by atoms with Gasteiger partial charge in [0.05, 0.1) is 42.6 Å². The van der Waals surface area contributed by atoms with Gasteiger partial charge in [-0.15, -0.1) is 0 Å².